The van der Waals surface area contributed by atoms with E-state index in [1.165, 1.54) is 0 Å². The number of fused-ring (bicyclic) bond motifs is 1. The SMILES string of the molecule is Cc1nc(F)c2c(N)cccc2n1. The van der Waals surface area contributed by atoms with Crippen LogP contribution in [0.15, 0.2) is 18.2 Å². The Labute approximate surface area is 74.4 Å². The van der Waals surface area contributed by atoms with Gasteiger partial charge in [0.15, 0.2) is 0 Å². The lowest BCUT2D eigenvalue weighted by atomic mass is 10.2. The van der Waals surface area contributed by atoms with Gasteiger partial charge < -0.3 is 5.73 Å². The fourth-order valence-electron chi connectivity index (χ4n) is 1.27. The van der Waals surface area contributed by atoms with Crippen molar-refractivity contribution in [3.63, 3.8) is 0 Å². The first kappa shape index (κ1) is 7.91. The second-order valence-corrected chi connectivity index (χ2v) is 2.80. The Bertz CT molecular complexity index is 468. The Kier molecular flexibility index (Phi) is 1.62. The van der Waals surface area contributed by atoms with E-state index >= 15 is 0 Å². The van der Waals surface area contributed by atoms with Gasteiger partial charge in [0.05, 0.1) is 10.9 Å². The highest BCUT2D eigenvalue weighted by atomic mass is 19.1. The molecule has 0 aliphatic rings. The molecule has 0 saturated heterocycles. The predicted octanol–water partition coefficient (Wildman–Crippen LogP) is 1.66. The minimum Gasteiger partial charge on any atom is -0.398 e. The first-order valence-electron chi connectivity index (χ1n) is 3.87. The van der Waals surface area contributed by atoms with Gasteiger partial charge in [-0.05, 0) is 19.1 Å². The first-order chi connectivity index (χ1) is 6.18. The summed E-state index contributed by atoms with van der Waals surface area (Å²) in [4.78, 5) is 7.67. The van der Waals surface area contributed by atoms with Crippen LogP contribution in [-0.4, -0.2) is 9.97 Å². The number of aryl methyl sites for hydroxylation is 1. The van der Waals surface area contributed by atoms with Gasteiger partial charge in [-0.2, -0.15) is 4.39 Å². The zero-order chi connectivity index (χ0) is 9.42. The van der Waals surface area contributed by atoms with Crippen molar-refractivity contribution in [2.24, 2.45) is 0 Å². The van der Waals surface area contributed by atoms with Crippen molar-refractivity contribution in [2.75, 3.05) is 5.73 Å². The highest BCUT2D eigenvalue weighted by Gasteiger charge is 2.06. The van der Waals surface area contributed by atoms with Gasteiger partial charge in [-0.15, -0.1) is 0 Å². The lowest BCUT2D eigenvalue weighted by molar-refractivity contribution is 0.589. The van der Waals surface area contributed by atoms with Gasteiger partial charge in [-0.3, -0.25) is 0 Å². The number of rotatable bonds is 0. The average molecular weight is 177 g/mol. The smallest absolute Gasteiger partial charge is 0.226 e. The molecule has 2 N–H and O–H groups in total. The van der Waals surface area contributed by atoms with E-state index in [-0.39, 0.29) is 0 Å². The summed E-state index contributed by atoms with van der Waals surface area (Å²) in [5.41, 5.74) is 6.50. The summed E-state index contributed by atoms with van der Waals surface area (Å²) in [5.74, 6) is -0.142. The fraction of sp³-hybridized carbons (Fsp3) is 0.111. The van der Waals surface area contributed by atoms with Gasteiger partial charge in [0.25, 0.3) is 0 Å². The lowest BCUT2D eigenvalue weighted by Gasteiger charge is -2.02. The number of halogens is 1. The van der Waals surface area contributed by atoms with Crippen molar-refractivity contribution in [3.8, 4) is 0 Å². The van der Waals surface area contributed by atoms with Gasteiger partial charge in [0, 0.05) is 5.69 Å². The molecule has 0 atom stereocenters. The standard InChI is InChI=1S/C9H8FN3/c1-5-12-7-4-2-3-6(11)8(7)9(10)13-5/h2-4H,11H2,1H3. The van der Waals surface area contributed by atoms with Gasteiger partial charge in [0.1, 0.15) is 5.82 Å². The van der Waals surface area contributed by atoms with Crippen molar-refractivity contribution < 1.29 is 4.39 Å². The van der Waals surface area contributed by atoms with E-state index in [9.17, 15) is 4.39 Å². The van der Waals surface area contributed by atoms with Crippen LogP contribution in [0.5, 0.6) is 0 Å². The van der Waals surface area contributed by atoms with E-state index < -0.39 is 5.95 Å². The molecular weight excluding hydrogens is 169 g/mol. The molecule has 0 saturated carbocycles. The summed E-state index contributed by atoms with van der Waals surface area (Å²) < 4.78 is 13.3. The summed E-state index contributed by atoms with van der Waals surface area (Å²) >= 11 is 0. The number of hydrogen-bond acceptors (Lipinski definition) is 3. The molecule has 1 aromatic carbocycles. The molecule has 4 heteroatoms. The number of anilines is 1. The van der Waals surface area contributed by atoms with Crippen LogP contribution < -0.4 is 5.73 Å². The van der Waals surface area contributed by atoms with Crippen molar-refractivity contribution in [3.05, 3.63) is 30.0 Å². The summed E-state index contributed by atoms with van der Waals surface area (Å²) in [7, 11) is 0. The van der Waals surface area contributed by atoms with Crippen LogP contribution in [0.4, 0.5) is 10.1 Å². The van der Waals surface area contributed by atoms with E-state index in [1.807, 2.05) is 0 Å². The quantitative estimate of drug-likeness (QED) is 0.491. The maximum atomic E-state index is 13.3. The van der Waals surface area contributed by atoms with E-state index in [4.69, 9.17) is 5.73 Å². The van der Waals surface area contributed by atoms with Gasteiger partial charge in [-0.25, -0.2) is 9.97 Å². The topological polar surface area (TPSA) is 51.8 Å². The second-order valence-electron chi connectivity index (χ2n) is 2.80. The number of benzene rings is 1. The Morgan fingerprint density at radius 1 is 1.31 bits per heavy atom. The van der Waals surface area contributed by atoms with Crippen LogP contribution in [-0.2, 0) is 0 Å². The predicted molar refractivity (Wildman–Crippen MR) is 48.6 cm³/mol. The number of hydrogen-bond donors (Lipinski definition) is 1. The van der Waals surface area contributed by atoms with Crippen LogP contribution in [0.1, 0.15) is 5.82 Å². The molecule has 1 aromatic heterocycles. The van der Waals surface area contributed by atoms with Crippen LogP contribution in [0.3, 0.4) is 0 Å². The van der Waals surface area contributed by atoms with Crippen LogP contribution >= 0.6 is 0 Å². The largest absolute Gasteiger partial charge is 0.398 e. The summed E-state index contributed by atoms with van der Waals surface area (Å²) in [6, 6.07) is 5.08. The van der Waals surface area contributed by atoms with E-state index in [0.29, 0.717) is 22.4 Å². The van der Waals surface area contributed by atoms with Crippen molar-refractivity contribution in [1.29, 1.82) is 0 Å². The molecule has 0 unspecified atom stereocenters. The Hall–Kier alpha value is -1.71. The number of aromatic nitrogens is 2. The fourth-order valence-corrected chi connectivity index (χ4v) is 1.27. The molecule has 0 spiro atoms. The molecule has 13 heavy (non-hydrogen) atoms. The van der Waals surface area contributed by atoms with Crippen molar-refractivity contribution in [2.45, 2.75) is 6.92 Å². The normalized spacial score (nSPS) is 10.6. The molecule has 0 fully saturated rings. The maximum Gasteiger partial charge on any atom is 0.226 e. The monoisotopic (exact) mass is 177 g/mol. The van der Waals surface area contributed by atoms with Gasteiger partial charge in [-0.1, -0.05) is 6.07 Å². The summed E-state index contributed by atoms with van der Waals surface area (Å²) in [6.45, 7) is 1.64. The Morgan fingerprint density at radius 3 is 2.85 bits per heavy atom. The zero-order valence-corrected chi connectivity index (χ0v) is 7.08. The molecule has 66 valence electrons. The van der Waals surface area contributed by atoms with E-state index in [0.717, 1.165) is 0 Å². The molecular formula is C9H8FN3. The van der Waals surface area contributed by atoms with E-state index in [1.54, 1.807) is 25.1 Å². The zero-order valence-electron chi connectivity index (χ0n) is 7.08. The molecule has 0 amide bonds. The number of nitrogen functional groups attached to an aromatic ring is 1. The summed E-state index contributed by atoms with van der Waals surface area (Å²) in [6.07, 6.45) is 0. The molecule has 0 aliphatic carbocycles. The molecule has 0 radical (unpaired) electrons. The maximum absolute atomic E-state index is 13.3. The van der Waals surface area contributed by atoms with Crippen molar-refractivity contribution in [1.82, 2.24) is 9.97 Å². The Morgan fingerprint density at radius 2 is 2.08 bits per heavy atom. The highest BCUT2D eigenvalue weighted by molar-refractivity contribution is 5.89. The molecule has 2 aromatic rings. The third kappa shape index (κ3) is 1.20. The van der Waals surface area contributed by atoms with E-state index in [2.05, 4.69) is 9.97 Å². The lowest BCUT2D eigenvalue weighted by Crippen LogP contribution is -1.97. The molecule has 2 rings (SSSR count). The minimum atomic E-state index is -0.555. The molecule has 0 aliphatic heterocycles. The summed E-state index contributed by atoms with van der Waals surface area (Å²) in [5, 5.41) is 0.299. The third-order valence-electron chi connectivity index (χ3n) is 1.82. The van der Waals surface area contributed by atoms with Gasteiger partial charge >= 0.3 is 0 Å². The van der Waals surface area contributed by atoms with Crippen LogP contribution in [0.25, 0.3) is 10.9 Å². The van der Waals surface area contributed by atoms with Gasteiger partial charge in [0.2, 0.25) is 5.95 Å². The minimum absolute atomic E-state index is 0.299. The first-order valence-corrected chi connectivity index (χ1v) is 3.87. The van der Waals surface area contributed by atoms with Crippen molar-refractivity contribution >= 4 is 16.6 Å². The Balaban J connectivity index is 2.94. The van der Waals surface area contributed by atoms with Crippen LogP contribution in [0, 0.1) is 12.9 Å². The number of nitrogens with two attached hydrogens (primary N) is 1. The third-order valence-corrected chi connectivity index (χ3v) is 1.82. The molecule has 1 heterocycles. The van der Waals surface area contributed by atoms with Crippen LogP contribution in [0.2, 0.25) is 0 Å². The molecule has 0 bridgehead atoms. The number of nitrogens with zero attached hydrogens (tertiary/aromatic N) is 2. The average Bonchev–Trinajstić information content (AvgIpc) is 2.02. The second kappa shape index (κ2) is 2.65. The highest BCUT2D eigenvalue weighted by Crippen LogP contribution is 2.20. The molecule has 3 nitrogen and oxygen atoms in total.